The molecule has 0 saturated carbocycles. The largest absolute Gasteiger partial charge is 0.511 e. The van der Waals surface area contributed by atoms with Crippen molar-refractivity contribution in [1.29, 1.82) is 0 Å². The molecule has 3 N–H and O–H groups in total. The van der Waals surface area contributed by atoms with Crippen molar-refractivity contribution < 1.29 is 14.3 Å². The van der Waals surface area contributed by atoms with Crippen LogP contribution in [0.5, 0.6) is 0 Å². The number of guanidine groups is 1. The van der Waals surface area contributed by atoms with Crippen LogP contribution in [0.15, 0.2) is 50.0 Å². The summed E-state index contributed by atoms with van der Waals surface area (Å²) in [7, 11) is 0. The average molecular weight is 340 g/mol. The third-order valence-corrected chi connectivity index (χ3v) is 3.99. The van der Waals surface area contributed by atoms with E-state index in [0.29, 0.717) is 29.7 Å². The van der Waals surface area contributed by atoms with Gasteiger partial charge in [-0.25, -0.2) is 4.99 Å². The number of oxazole rings is 1. The Morgan fingerprint density at radius 2 is 2.04 bits per heavy atom. The fourth-order valence-corrected chi connectivity index (χ4v) is 2.96. The maximum absolute atomic E-state index is 12.3. The molecule has 1 aromatic heterocycles. The molecule has 130 valence electrons. The van der Waals surface area contributed by atoms with E-state index in [1.165, 1.54) is 0 Å². The first-order valence-electron chi connectivity index (χ1n) is 7.96. The molecule has 0 bridgehead atoms. The number of fused-ring (bicyclic) bond motifs is 1. The number of para-hydroxylation sites is 2. The molecule has 0 spiro atoms. The number of aliphatic imine (C=N–C) groups is 2. The molecule has 0 radical (unpaired) electrons. The van der Waals surface area contributed by atoms with Crippen molar-refractivity contribution in [3.8, 4) is 0 Å². The maximum Gasteiger partial charge on any atom is 0.326 e. The molecular formula is C18H20N4O3. The first-order valence-corrected chi connectivity index (χ1v) is 7.96. The molecule has 0 amide bonds. The second kappa shape index (κ2) is 6.16. The first-order chi connectivity index (χ1) is 11.7. The minimum Gasteiger partial charge on any atom is -0.511 e. The number of hydrogen-bond donors (Lipinski definition) is 2. The van der Waals surface area contributed by atoms with Crippen LogP contribution in [0, 0.1) is 5.41 Å². The zero-order valence-corrected chi connectivity index (χ0v) is 14.4. The standard InChI is InChI=1S/C18H20N4O3/c1-10(15-12(23)8-18(2,3)9-13(15)24)20-16(19)22-17-21-11-6-4-5-7-14(11)25-17/h4-7,23H,8-9H2,1-3H3,(H2,19,21,22). The summed E-state index contributed by atoms with van der Waals surface area (Å²) in [6.07, 6.45) is 0.768. The summed E-state index contributed by atoms with van der Waals surface area (Å²) >= 11 is 0. The summed E-state index contributed by atoms with van der Waals surface area (Å²) in [6, 6.07) is 7.34. The van der Waals surface area contributed by atoms with Crippen LogP contribution in [0.4, 0.5) is 6.01 Å². The van der Waals surface area contributed by atoms with E-state index in [1.807, 2.05) is 26.0 Å². The summed E-state index contributed by atoms with van der Waals surface area (Å²) in [5.41, 5.74) is 7.38. The Balaban J connectivity index is 1.89. The fourth-order valence-electron chi connectivity index (χ4n) is 2.96. The molecule has 0 fully saturated rings. The smallest absolute Gasteiger partial charge is 0.326 e. The molecule has 3 rings (SSSR count). The lowest BCUT2D eigenvalue weighted by atomic mass is 9.76. The number of carbonyl (C=O) groups is 1. The molecule has 25 heavy (non-hydrogen) atoms. The van der Waals surface area contributed by atoms with Crippen molar-refractivity contribution >= 4 is 34.6 Å². The average Bonchev–Trinajstić information content (AvgIpc) is 2.86. The third-order valence-electron chi connectivity index (χ3n) is 3.99. The van der Waals surface area contributed by atoms with Gasteiger partial charge < -0.3 is 15.3 Å². The zero-order valence-electron chi connectivity index (χ0n) is 14.4. The van der Waals surface area contributed by atoms with Crippen LogP contribution in [0.2, 0.25) is 0 Å². The van der Waals surface area contributed by atoms with Crippen molar-refractivity contribution in [1.82, 2.24) is 4.98 Å². The fraction of sp³-hybridized carbons (Fsp3) is 0.333. The highest BCUT2D eigenvalue weighted by atomic mass is 16.4. The number of aliphatic hydroxyl groups is 1. The van der Waals surface area contributed by atoms with Gasteiger partial charge in [0.25, 0.3) is 0 Å². The number of nitrogens with two attached hydrogens (primary N) is 1. The van der Waals surface area contributed by atoms with E-state index in [1.54, 1.807) is 19.1 Å². The SMILES string of the molecule is CC(=NC(N)=Nc1nc2ccccc2o1)C1=C(O)CC(C)(C)CC1=O. The topological polar surface area (TPSA) is 114 Å². The van der Waals surface area contributed by atoms with Crippen LogP contribution in [0.1, 0.15) is 33.6 Å². The Hall–Kier alpha value is -2.96. The molecule has 7 nitrogen and oxygen atoms in total. The van der Waals surface area contributed by atoms with Crippen molar-refractivity contribution in [2.75, 3.05) is 0 Å². The first kappa shape index (κ1) is 16.9. The Morgan fingerprint density at radius 3 is 2.72 bits per heavy atom. The molecule has 2 aromatic rings. The molecule has 1 aromatic carbocycles. The number of ketones is 1. The second-order valence-corrected chi connectivity index (χ2v) is 6.89. The van der Waals surface area contributed by atoms with Crippen LogP contribution in [0.3, 0.4) is 0 Å². The number of benzene rings is 1. The van der Waals surface area contributed by atoms with Gasteiger partial charge in [0.15, 0.2) is 11.4 Å². The van der Waals surface area contributed by atoms with Crippen molar-refractivity contribution in [3.05, 3.63) is 35.6 Å². The number of aromatic nitrogens is 1. The minimum atomic E-state index is -0.261. The summed E-state index contributed by atoms with van der Waals surface area (Å²) in [4.78, 5) is 24.6. The summed E-state index contributed by atoms with van der Waals surface area (Å²) in [5, 5.41) is 10.2. The van der Waals surface area contributed by atoms with E-state index in [4.69, 9.17) is 10.2 Å². The van der Waals surface area contributed by atoms with Gasteiger partial charge in [0.2, 0.25) is 5.96 Å². The molecule has 0 aliphatic heterocycles. The highest BCUT2D eigenvalue weighted by Gasteiger charge is 2.34. The second-order valence-electron chi connectivity index (χ2n) is 6.89. The van der Waals surface area contributed by atoms with Gasteiger partial charge >= 0.3 is 6.01 Å². The molecule has 1 aliphatic carbocycles. The molecule has 1 heterocycles. The normalized spacial score (nSPS) is 18.9. The Bertz CT molecular complexity index is 902. The zero-order chi connectivity index (χ0) is 18.2. The van der Waals surface area contributed by atoms with E-state index in [-0.39, 0.29) is 34.5 Å². The lowest BCUT2D eigenvalue weighted by molar-refractivity contribution is -0.117. The Labute approximate surface area is 145 Å². The summed E-state index contributed by atoms with van der Waals surface area (Å²) in [6.45, 7) is 5.50. The molecule has 0 saturated heterocycles. The van der Waals surface area contributed by atoms with Gasteiger partial charge in [0.1, 0.15) is 11.3 Å². The van der Waals surface area contributed by atoms with Gasteiger partial charge in [-0.15, -0.1) is 0 Å². The number of nitrogens with zero attached hydrogens (tertiary/aromatic N) is 3. The van der Waals surface area contributed by atoms with Crippen molar-refractivity contribution in [3.63, 3.8) is 0 Å². The summed E-state index contributed by atoms with van der Waals surface area (Å²) in [5.74, 6) is -0.205. The van der Waals surface area contributed by atoms with Crippen LogP contribution < -0.4 is 5.73 Å². The van der Waals surface area contributed by atoms with Crippen molar-refractivity contribution in [2.45, 2.75) is 33.6 Å². The van der Waals surface area contributed by atoms with Gasteiger partial charge in [-0.05, 0) is 24.5 Å². The number of carbonyl (C=O) groups excluding carboxylic acids is 1. The number of aliphatic hydroxyl groups excluding tert-OH is 1. The van der Waals surface area contributed by atoms with E-state index in [0.717, 1.165) is 0 Å². The van der Waals surface area contributed by atoms with Crippen LogP contribution in [0.25, 0.3) is 11.1 Å². The van der Waals surface area contributed by atoms with Gasteiger partial charge in [-0.2, -0.15) is 9.98 Å². The van der Waals surface area contributed by atoms with Gasteiger partial charge in [-0.3, -0.25) is 4.79 Å². The maximum atomic E-state index is 12.3. The predicted octanol–water partition coefficient (Wildman–Crippen LogP) is 3.44. The molecule has 1 aliphatic rings. The van der Waals surface area contributed by atoms with Gasteiger partial charge in [0, 0.05) is 12.8 Å². The van der Waals surface area contributed by atoms with Crippen molar-refractivity contribution in [2.24, 2.45) is 21.1 Å². The number of hydrogen-bond acceptors (Lipinski definition) is 5. The van der Waals surface area contributed by atoms with Gasteiger partial charge in [-0.1, -0.05) is 26.0 Å². The Kier molecular flexibility index (Phi) is 4.16. The van der Waals surface area contributed by atoms with Gasteiger partial charge in [0.05, 0.1) is 11.3 Å². The molecular weight excluding hydrogens is 320 g/mol. The molecule has 7 heteroatoms. The number of rotatable bonds is 2. The Morgan fingerprint density at radius 1 is 1.32 bits per heavy atom. The van der Waals surface area contributed by atoms with E-state index < -0.39 is 0 Å². The lowest BCUT2D eigenvalue weighted by Gasteiger charge is -2.29. The molecule has 0 unspecified atom stereocenters. The van der Waals surface area contributed by atoms with Crippen LogP contribution >= 0.6 is 0 Å². The predicted molar refractivity (Wildman–Crippen MR) is 96.1 cm³/mol. The highest BCUT2D eigenvalue weighted by molar-refractivity contribution is 6.24. The van der Waals surface area contributed by atoms with E-state index in [9.17, 15) is 9.90 Å². The molecule has 0 atom stereocenters. The number of allylic oxidation sites excluding steroid dienone is 2. The van der Waals surface area contributed by atoms with E-state index in [2.05, 4.69) is 15.0 Å². The van der Waals surface area contributed by atoms with Crippen LogP contribution in [-0.4, -0.2) is 27.5 Å². The van der Waals surface area contributed by atoms with Crippen LogP contribution in [-0.2, 0) is 4.79 Å². The lowest BCUT2D eigenvalue weighted by Crippen LogP contribution is -2.29. The van der Waals surface area contributed by atoms with E-state index >= 15 is 0 Å². The quantitative estimate of drug-likeness (QED) is 0.642. The third kappa shape index (κ3) is 3.60. The highest BCUT2D eigenvalue weighted by Crippen LogP contribution is 2.36. The monoisotopic (exact) mass is 340 g/mol. The summed E-state index contributed by atoms with van der Waals surface area (Å²) < 4.78 is 5.46. The number of Topliss-reactive ketones (excluding diaryl/α,β-unsaturated/α-hetero) is 1. The minimum absolute atomic E-state index is 0.0390.